The summed E-state index contributed by atoms with van der Waals surface area (Å²) in [6.07, 6.45) is -56.2. The van der Waals surface area contributed by atoms with Gasteiger partial charge < -0.3 is 160 Å². The zero-order valence-electron chi connectivity index (χ0n) is 43.7. The molecule has 0 unspecified atom stereocenters. The number of carboxylic acid groups (broad SMARTS) is 1. The monoisotopic (exact) mass is 1190 g/mol. The third kappa shape index (κ3) is 14.5. The van der Waals surface area contributed by atoms with E-state index in [0.29, 0.717) is 0 Å². The normalized spacial score (nSPS) is 46.7. The van der Waals surface area contributed by atoms with Crippen LogP contribution >= 0.6 is 0 Å². The largest absolute Gasteiger partial charge is 0.477 e. The summed E-state index contributed by atoms with van der Waals surface area (Å²) < 4.78 is 64.2. The quantitative estimate of drug-likeness (QED) is 0.0507. The third-order valence-corrected chi connectivity index (χ3v) is 14.6. The molecule has 21 N–H and O–H groups in total. The highest BCUT2D eigenvalue weighted by Crippen LogP contribution is 2.40. The van der Waals surface area contributed by atoms with Crippen molar-refractivity contribution >= 4 is 23.7 Å². The lowest BCUT2D eigenvalue weighted by molar-refractivity contribution is -0.398. The Hall–Kier alpha value is -3.24. The van der Waals surface area contributed by atoms with Crippen LogP contribution in [-0.4, -0.2) is 338 Å². The van der Waals surface area contributed by atoms with Crippen LogP contribution in [0.3, 0.4) is 0 Å². The second kappa shape index (κ2) is 28.3. The fourth-order valence-corrected chi connectivity index (χ4v) is 10.4. The standard InChI is InChI=1S/C45H75N3O33/c1-11-24(59)29(64)30(65)41(71-11)78-36-23(48-14(4)56)40(79-37-27(62)18(8-51)73-42(31(37)66)77-34-22(47-13(3)55)39(68)72-17(7-50)26(34)61)75-20(10-53)33(36)76-43-32(67)38(28(63)19(9-52)74-43)81-45(44(69)70)5-15(57)21(46-12(2)54)35(80-45)25(60)16(58)6-49/h11,15-43,49-53,57-68H,5-10H2,1-4H3,(H,46,54)(H,47,55)(H,48,56)(H,69,70)/t11-,15-,16+,17+,18+,19+,20+,21+,22+,23+,24+,25+,26-,27-,28-,29+,30-,31+,32+,33+,34+,35+,36+,37-,38-,39-,40-,41-,42-,43-,45-/m0/s1. The number of amides is 3. The second-order valence-corrected chi connectivity index (χ2v) is 20.4. The van der Waals surface area contributed by atoms with E-state index in [4.69, 9.17) is 52.1 Å². The molecule has 0 aromatic rings. The van der Waals surface area contributed by atoms with Gasteiger partial charge in [-0.1, -0.05) is 0 Å². The van der Waals surface area contributed by atoms with Crippen molar-refractivity contribution in [3.05, 3.63) is 0 Å². The number of nitrogens with one attached hydrogen (secondary N) is 3. The number of carbonyl (C=O) groups excluding carboxylic acids is 3. The van der Waals surface area contributed by atoms with Gasteiger partial charge in [0.05, 0.1) is 51.3 Å². The number of aliphatic carboxylic acids is 1. The molecular weight excluding hydrogens is 1110 g/mol. The van der Waals surface area contributed by atoms with E-state index in [1.54, 1.807) is 0 Å². The zero-order valence-corrected chi connectivity index (χ0v) is 43.7. The van der Waals surface area contributed by atoms with E-state index in [-0.39, 0.29) is 0 Å². The van der Waals surface area contributed by atoms with Crippen molar-refractivity contribution in [2.45, 2.75) is 224 Å². The van der Waals surface area contributed by atoms with Gasteiger partial charge in [-0.05, 0) is 6.92 Å². The van der Waals surface area contributed by atoms with Crippen molar-refractivity contribution < 1.29 is 163 Å². The number of rotatable bonds is 21. The highest BCUT2D eigenvalue weighted by Gasteiger charge is 2.62. The molecule has 6 fully saturated rings. The summed E-state index contributed by atoms with van der Waals surface area (Å²) >= 11 is 0. The minimum Gasteiger partial charge on any atom is -0.477 e. The molecule has 6 aliphatic rings. The molecule has 0 aromatic heterocycles. The molecule has 0 radical (unpaired) electrons. The second-order valence-electron chi connectivity index (χ2n) is 20.4. The summed E-state index contributed by atoms with van der Waals surface area (Å²) in [7, 11) is 0. The molecule has 6 saturated heterocycles. The van der Waals surface area contributed by atoms with Gasteiger partial charge in [-0.25, -0.2) is 4.79 Å². The van der Waals surface area contributed by atoms with E-state index < -0.39 is 253 Å². The SMILES string of the molecule is CC(=O)N[C@@H]1[C@@H](O[C@@H]2O[C@H](CO)[C@H](O)[C@H](O[C@@H]3O[C@H](CO)[C@@H](O[C@@H]4O[C@H](CO)[C@H](O)[C@H](O[C@]5(C(=O)O)C[C@H](O)[C@@H](NC(C)=O)[C@H]([C@H](O)[C@H](O)CO)O5)[C@H]4O)[C@H](O[C@@H]4O[C@@H](C)[C@@H](O)[C@@H](O)[C@@H]4O)[C@H]3NC(C)=O)[C@H]2O)[C@@H](O)[C@@H](CO)O[C@@H]1O. The van der Waals surface area contributed by atoms with Crippen molar-refractivity contribution in [2.24, 2.45) is 0 Å². The lowest BCUT2D eigenvalue weighted by atomic mass is 9.88. The lowest BCUT2D eigenvalue weighted by Crippen LogP contribution is -2.72. The van der Waals surface area contributed by atoms with Crippen molar-refractivity contribution in [1.82, 2.24) is 16.0 Å². The Bertz CT molecular complexity index is 2080. The minimum absolute atomic E-state index is 0.778. The summed E-state index contributed by atoms with van der Waals surface area (Å²) in [6.45, 7) is -1.31. The number of aliphatic hydroxyl groups excluding tert-OH is 17. The predicted molar refractivity (Wildman–Crippen MR) is 250 cm³/mol. The van der Waals surface area contributed by atoms with E-state index in [9.17, 15) is 111 Å². The fourth-order valence-electron chi connectivity index (χ4n) is 10.4. The van der Waals surface area contributed by atoms with Crippen LogP contribution in [0.15, 0.2) is 0 Å². The number of carboxylic acids is 1. The van der Waals surface area contributed by atoms with Crippen LogP contribution in [0.25, 0.3) is 0 Å². The smallest absolute Gasteiger partial charge is 0.364 e. The molecule has 36 heteroatoms. The Kier molecular flexibility index (Phi) is 23.4. The average molecular weight is 1190 g/mol. The van der Waals surface area contributed by atoms with Gasteiger partial charge in [0.1, 0.15) is 134 Å². The molecule has 0 saturated carbocycles. The van der Waals surface area contributed by atoms with E-state index in [0.717, 1.165) is 20.8 Å². The van der Waals surface area contributed by atoms with E-state index >= 15 is 0 Å². The van der Waals surface area contributed by atoms with Gasteiger partial charge in [0.15, 0.2) is 31.5 Å². The Balaban J connectivity index is 1.38. The maximum absolute atomic E-state index is 13.2. The predicted octanol–water partition coefficient (Wildman–Crippen LogP) is -13.4. The first-order valence-corrected chi connectivity index (χ1v) is 25.6. The summed E-state index contributed by atoms with van der Waals surface area (Å²) in [5.74, 6) is -7.95. The molecule has 81 heavy (non-hydrogen) atoms. The van der Waals surface area contributed by atoms with Crippen LogP contribution in [0.1, 0.15) is 34.1 Å². The molecule has 6 aliphatic heterocycles. The number of carbonyl (C=O) groups is 4. The molecule has 31 atom stereocenters. The molecule has 0 aromatic carbocycles. The Morgan fingerprint density at radius 3 is 1.48 bits per heavy atom. The van der Waals surface area contributed by atoms with E-state index in [1.165, 1.54) is 6.92 Å². The minimum atomic E-state index is -3.26. The van der Waals surface area contributed by atoms with Crippen LogP contribution in [-0.2, 0) is 71.3 Å². The van der Waals surface area contributed by atoms with Gasteiger partial charge in [-0.15, -0.1) is 0 Å². The summed E-state index contributed by atoms with van der Waals surface area (Å²) in [5, 5.41) is 203. The summed E-state index contributed by atoms with van der Waals surface area (Å²) in [5.41, 5.74) is 0. The average Bonchev–Trinajstić information content (AvgIpc) is 3.56. The van der Waals surface area contributed by atoms with Crippen LogP contribution in [0.5, 0.6) is 0 Å². The fraction of sp³-hybridized carbons (Fsp3) is 0.911. The molecule has 0 aliphatic carbocycles. The van der Waals surface area contributed by atoms with E-state index in [2.05, 4.69) is 16.0 Å². The van der Waals surface area contributed by atoms with Gasteiger partial charge in [0.2, 0.25) is 17.7 Å². The third-order valence-electron chi connectivity index (χ3n) is 14.6. The first-order valence-electron chi connectivity index (χ1n) is 25.6. The topological polar surface area (TPSA) is 570 Å². The van der Waals surface area contributed by atoms with Crippen molar-refractivity contribution in [3.63, 3.8) is 0 Å². The molecule has 6 heterocycles. The van der Waals surface area contributed by atoms with Gasteiger partial charge in [0, 0.05) is 27.2 Å². The van der Waals surface area contributed by atoms with Crippen LogP contribution in [0, 0.1) is 0 Å². The Morgan fingerprint density at radius 1 is 0.506 bits per heavy atom. The van der Waals surface area contributed by atoms with Gasteiger partial charge in [-0.2, -0.15) is 0 Å². The molecule has 6 rings (SSSR count). The number of aliphatic hydroxyl groups is 17. The molecular formula is C45H75N3O33. The molecule has 0 spiro atoms. The van der Waals surface area contributed by atoms with Crippen LogP contribution < -0.4 is 16.0 Å². The van der Waals surface area contributed by atoms with Gasteiger partial charge in [-0.3, -0.25) is 14.4 Å². The maximum Gasteiger partial charge on any atom is 0.364 e. The zero-order chi connectivity index (χ0) is 60.3. The van der Waals surface area contributed by atoms with Gasteiger partial charge in [0.25, 0.3) is 5.79 Å². The lowest BCUT2D eigenvalue weighted by Gasteiger charge is -2.52. The molecule has 0 bridgehead atoms. The summed E-state index contributed by atoms with van der Waals surface area (Å²) in [6, 6.07) is -5.29. The van der Waals surface area contributed by atoms with Crippen molar-refractivity contribution in [2.75, 3.05) is 33.0 Å². The van der Waals surface area contributed by atoms with Crippen LogP contribution in [0.2, 0.25) is 0 Å². The van der Waals surface area contributed by atoms with Crippen molar-refractivity contribution in [3.8, 4) is 0 Å². The first-order chi connectivity index (χ1) is 38.1. The first kappa shape index (κ1) is 66.9. The van der Waals surface area contributed by atoms with Crippen LogP contribution in [0.4, 0.5) is 0 Å². The molecule has 36 nitrogen and oxygen atoms in total. The van der Waals surface area contributed by atoms with E-state index in [1.807, 2.05) is 0 Å². The highest BCUT2D eigenvalue weighted by atomic mass is 16.8. The summed E-state index contributed by atoms with van der Waals surface area (Å²) in [4.78, 5) is 50.7. The Labute approximate surface area is 459 Å². The number of hydrogen-bond acceptors (Lipinski definition) is 32. The number of ether oxygens (including phenoxy) is 11. The number of hydrogen-bond donors (Lipinski definition) is 21. The Morgan fingerprint density at radius 2 is 0.951 bits per heavy atom. The maximum atomic E-state index is 13.2. The molecule has 3 amide bonds. The van der Waals surface area contributed by atoms with Gasteiger partial charge >= 0.3 is 5.97 Å². The molecule has 468 valence electrons. The van der Waals surface area contributed by atoms with Crippen molar-refractivity contribution in [1.29, 1.82) is 0 Å². The highest BCUT2D eigenvalue weighted by molar-refractivity contribution is 5.77.